The number of rotatable bonds is 2. The van der Waals surface area contributed by atoms with Crippen molar-refractivity contribution in [3.8, 4) is 11.4 Å². The van der Waals surface area contributed by atoms with Crippen LogP contribution in [0, 0.1) is 13.8 Å². The van der Waals surface area contributed by atoms with E-state index in [1.807, 2.05) is 79.8 Å². The molecule has 0 N–H and O–H groups in total. The van der Waals surface area contributed by atoms with Gasteiger partial charge in [-0.3, -0.25) is 14.2 Å². The Hall–Kier alpha value is -4.59. The van der Waals surface area contributed by atoms with E-state index in [1.165, 1.54) is 6.07 Å². The number of aryl methyl sites for hydroxylation is 2. The van der Waals surface area contributed by atoms with Crippen molar-refractivity contribution in [2.45, 2.75) is 13.8 Å². The van der Waals surface area contributed by atoms with Crippen LogP contribution in [0.3, 0.4) is 0 Å². The van der Waals surface area contributed by atoms with Crippen molar-refractivity contribution >= 4 is 28.9 Å². The number of anilines is 2. The third-order valence-electron chi connectivity index (χ3n) is 5.63. The summed E-state index contributed by atoms with van der Waals surface area (Å²) in [6.45, 7) is 3.90. The molecule has 5 heterocycles. The summed E-state index contributed by atoms with van der Waals surface area (Å²) in [4.78, 5) is 28.6. The molecule has 0 aliphatic carbocycles. The molecule has 0 bridgehead atoms. The maximum absolute atomic E-state index is 13.1. The molecule has 5 aromatic rings. The minimum absolute atomic E-state index is 0.179. The van der Waals surface area contributed by atoms with Gasteiger partial charge >= 0.3 is 0 Å². The van der Waals surface area contributed by atoms with Crippen LogP contribution < -0.4 is 10.5 Å². The zero-order valence-electron chi connectivity index (χ0n) is 18.0. The van der Waals surface area contributed by atoms with Crippen molar-refractivity contribution in [3.05, 3.63) is 100 Å². The first-order valence-electron chi connectivity index (χ1n) is 10.5. The van der Waals surface area contributed by atoms with Crippen molar-refractivity contribution in [3.63, 3.8) is 0 Å². The number of hydrogen-bond donors (Lipinski definition) is 0. The van der Waals surface area contributed by atoms with Crippen LogP contribution in [0.25, 0.3) is 22.7 Å². The molecule has 8 heteroatoms. The summed E-state index contributed by atoms with van der Waals surface area (Å²) < 4.78 is 3.28. The molecule has 8 nitrogen and oxygen atoms in total. The van der Waals surface area contributed by atoms with Crippen LogP contribution in [0.5, 0.6) is 0 Å². The first-order valence-corrected chi connectivity index (χ1v) is 10.5. The summed E-state index contributed by atoms with van der Waals surface area (Å²) >= 11 is 0. The molecular formula is C25H19N7O. The largest absolute Gasteiger partial charge is 0.314 e. The van der Waals surface area contributed by atoms with E-state index in [9.17, 15) is 4.79 Å². The molecule has 160 valence electrons. The molecule has 0 fully saturated rings. The second kappa shape index (κ2) is 7.23. The lowest BCUT2D eigenvalue weighted by Gasteiger charge is -2.21. The Morgan fingerprint density at radius 1 is 0.909 bits per heavy atom. The molecule has 1 aromatic carbocycles. The fourth-order valence-corrected chi connectivity index (χ4v) is 4.09. The molecule has 6 rings (SSSR count). The molecule has 0 amide bonds. The van der Waals surface area contributed by atoms with Crippen LogP contribution in [0.4, 0.5) is 11.4 Å². The van der Waals surface area contributed by atoms with Gasteiger partial charge in [-0.1, -0.05) is 18.2 Å². The summed E-state index contributed by atoms with van der Waals surface area (Å²) in [5.41, 5.74) is 6.99. The highest BCUT2D eigenvalue weighted by Gasteiger charge is 2.15. The van der Waals surface area contributed by atoms with Crippen molar-refractivity contribution in [2.75, 3.05) is 4.90 Å². The average molecular weight is 433 g/mol. The Balaban J connectivity index is 1.47. The summed E-state index contributed by atoms with van der Waals surface area (Å²) in [7, 11) is 0. The number of aromatic nitrogens is 5. The van der Waals surface area contributed by atoms with E-state index in [-0.39, 0.29) is 5.56 Å². The number of imidazole rings is 1. The Bertz CT molecular complexity index is 1680. The zero-order valence-corrected chi connectivity index (χ0v) is 18.0. The van der Waals surface area contributed by atoms with Crippen LogP contribution in [-0.4, -0.2) is 30.2 Å². The Labute approximate surface area is 188 Å². The van der Waals surface area contributed by atoms with Gasteiger partial charge in [-0.25, -0.2) is 14.5 Å². The predicted octanol–water partition coefficient (Wildman–Crippen LogP) is 4.06. The van der Waals surface area contributed by atoms with Gasteiger partial charge in [0, 0.05) is 36.4 Å². The normalized spacial score (nSPS) is 13.0. The van der Waals surface area contributed by atoms with Gasteiger partial charge in [0.25, 0.3) is 5.56 Å². The number of benzene rings is 1. The maximum Gasteiger partial charge on any atom is 0.258 e. The van der Waals surface area contributed by atoms with E-state index in [1.54, 1.807) is 21.3 Å². The van der Waals surface area contributed by atoms with Crippen LogP contribution in [0.15, 0.2) is 83.1 Å². The Kier molecular flexibility index (Phi) is 4.19. The number of pyridine rings is 1. The number of aliphatic imine (C=N–C) groups is 1. The highest BCUT2D eigenvalue weighted by molar-refractivity contribution is 5.91. The molecule has 0 spiro atoms. The molecule has 0 unspecified atom stereocenters. The van der Waals surface area contributed by atoms with E-state index in [2.05, 4.69) is 15.1 Å². The molecule has 0 radical (unpaired) electrons. The highest BCUT2D eigenvalue weighted by Crippen LogP contribution is 2.30. The maximum atomic E-state index is 13.1. The number of hydrogen-bond acceptors (Lipinski definition) is 6. The van der Waals surface area contributed by atoms with Gasteiger partial charge in [0.05, 0.1) is 29.0 Å². The molecule has 0 atom stereocenters. The molecule has 0 saturated carbocycles. The van der Waals surface area contributed by atoms with E-state index in [4.69, 9.17) is 4.98 Å². The van der Waals surface area contributed by atoms with Crippen molar-refractivity contribution in [1.82, 2.24) is 24.0 Å². The number of nitrogens with zero attached hydrogens (tertiary/aromatic N) is 7. The van der Waals surface area contributed by atoms with E-state index in [0.717, 1.165) is 33.8 Å². The van der Waals surface area contributed by atoms with Crippen molar-refractivity contribution in [2.24, 2.45) is 4.99 Å². The van der Waals surface area contributed by atoms with Gasteiger partial charge in [-0.15, -0.1) is 0 Å². The molecule has 4 aromatic heterocycles. The quantitative estimate of drug-likeness (QED) is 0.419. The summed E-state index contributed by atoms with van der Waals surface area (Å²) in [5, 5.41) is 4.61. The predicted molar refractivity (Wildman–Crippen MR) is 128 cm³/mol. The van der Waals surface area contributed by atoms with Crippen molar-refractivity contribution in [1.29, 1.82) is 0 Å². The average Bonchev–Trinajstić information content (AvgIpc) is 3.07. The van der Waals surface area contributed by atoms with Gasteiger partial charge in [0.1, 0.15) is 11.3 Å². The molecular weight excluding hydrogens is 414 g/mol. The van der Waals surface area contributed by atoms with E-state index in [0.29, 0.717) is 17.0 Å². The van der Waals surface area contributed by atoms with E-state index >= 15 is 0 Å². The van der Waals surface area contributed by atoms with Gasteiger partial charge < -0.3 is 4.90 Å². The van der Waals surface area contributed by atoms with Crippen LogP contribution >= 0.6 is 0 Å². The van der Waals surface area contributed by atoms with Crippen LogP contribution in [0.2, 0.25) is 0 Å². The monoisotopic (exact) mass is 433 g/mol. The van der Waals surface area contributed by atoms with Gasteiger partial charge in [-0.2, -0.15) is 5.10 Å². The molecule has 1 aliphatic heterocycles. The Morgan fingerprint density at radius 2 is 1.79 bits per heavy atom. The molecule has 1 aliphatic rings. The molecule has 33 heavy (non-hydrogen) atoms. The summed E-state index contributed by atoms with van der Waals surface area (Å²) in [6.07, 6.45) is 9.09. The Morgan fingerprint density at radius 3 is 2.70 bits per heavy atom. The highest BCUT2D eigenvalue weighted by atomic mass is 16.1. The van der Waals surface area contributed by atoms with Crippen molar-refractivity contribution < 1.29 is 0 Å². The lowest BCUT2D eigenvalue weighted by atomic mass is 10.1. The van der Waals surface area contributed by atoms with Crippen LogP contribution in [0.1, 0.15) is 16.8 Å². The van der Waals surface area contributed by atoms with Gasteiger partial charge in [-0.05, 0) is 43.7 Å². The number of fused-ring (bicyclic) bond motifs is 3. The van der Waals surface area contributed by atoms with Crippen LogP contribution in [-0.2, 0) is 0 Å². The minimum Gasteiger partial charge on any atom is -0.314 e. The first kappa shape index (κ1) is 19.1. The molecule has 0 saturated heterocycles. The van der Waals surface area contributed by atoms with Gasteiger partial charge in [0.2, 0.25) is 0 Å². The standard InChI is InChI=1S/C25H19N7O/c1-16-11-21(29-32-14-17(2)27-25(16)32)20-12-24(33)31-15-19(7-8-23(31)28-20)30-10-9-26-13-18-5-3-4-6-22(18)30/h3-15H,1-2H3. The second-order valence-corrected chi connectivity index (χ2v) is 7.96. The van der Waals surface area contributed by atoms with Gasteiger partial charge in [0.15, 0.2) is 5.65 Å². The third kappa shape index (κ3) is 3.20. The zero-order chi connectivity index (χ0) is 22.5. The number of para-hydroxylation sites is 1. The SMILES string of the molecule is Cc1cn2nc(-c3cc(=O)n4cc(N5C=CN=Cc6ccccc65)ccc4n3)cc(C)c2n1. The third-order valence-corrected chi connectivity index (χ3v) is 5.63. The lowest BCUT2D eigenvalue weighted by molar-refractivity contribution is 0.925. The lowest BCUT2D eigenvalue weighted by Crippen LogP contribution is -2.17. The van der Waals surface area contributed by atoms with E-state index < -0.39 is 0 Å². The first-order chi connectivity index (χ1) is 16.1. The fraction of sp³-hybridized carbons (Fsp3) is 0.0800. The fourth-order valence-electron chi connectivity index (χ4n) is 4.09. The topological polar surface area (TPSA) is 80.2 Å². The minimum atomic E-state index is -0.179. The smallest absolute Gasteiger partial charge is 0.258 e. The summed E-state index contributed by atoms with van der Waals surface area (Å²) in [6, 6.07) is 15.2. The summed E-state index contributed by atoms with van der Waals surface area (Å²) in [5.74, 6) is 0. The second-order valence-electron chi connectivity index (χ2n) is 7.96.